The largest absolute Gasteiger partial charge is 0.491 e. The fourth-order valence-corrected chi connectivity index (χ4v) is 2.92. The van der Waals surface area contributed by atoms with Crippen LogP contribution in [0.1, 0.15) is 32.4 Å². The van der Waals surface area contributed by atoms with E-state index in [2.05, 4.69) is 55.8 Å². The van der Waals surface area contributed by atoms with Crippen LogP contribution in [0.15, 0.2) is 24.3 Å². The Morgan fingerprint density at radius 2 is 2.10 bits per heavy atom. The Morgan fingerprint density at radius 1 is 1.33 bits per heavy atom. The smallest absolute Gasteiger partial charge is 0.120 e. The van der Waals surface area contributed by atoms with Crippen molar-refractivity contribution in [3.63, 3.8) is 0 Å². The summed E-state index contributed by atoms with van der Waals surface area (Å²) in [5.74, 6) is 0.933. The van der Waals surface area contributed by atoms with Crippen LogP contribution >= 0.6 is 0 Å². The summed E-state index contributed by atoms with van der Waals surface area (Å²) in [7, 11) is 2.19. The van der Waals surface area contributed by atoms with E-state index in [1.54, 1.807) is 0 Å². The van der Waals surface area contributed by atoms with E-state index < -0.39 is 0 Å². The van der Waals surface area contributed by atoms with Crippen LogP contribution in [0.3, 0.4) is 0 Å². The van der Waals surface area contributed by atoms with Gasteiger partial charge in [0.25, 0.3) is 0 Å². The molecule has 1 aliphatic rings. The van der Waals surface area contributed by atoms with Gasteiger partial charge in [0.05, 0.1) is 6.10 Å². The Morgan fingerprint density at radius 3 is 2.71 bits per heavy atom. The van der Waals surface area contributed by atoms with Gasteiger partial charge in [-0.2, -0.15) is 0 Å². The highest BCUT2D eigenvalue weighted by molar-refractivity contribution is 5.31. The second-order valence-electron chi connectivity index (χ2n) is 6.32. The van der Waals surface area contributed by atoms with Gasteiger partial charge in [0.15, 0.2) is 0 Å². The van der Waals surface area contributed by atoms with E-state index in [4.69, 9.17) is 10.5 Å². The first-order valence-corrected chi connectivity index (χ1v) is 7.92. The number of piperazine rings is 1. The molecule has 2 rings (SSSR count). The number of hydrogen-bond donors (Lipinski definition) is 1. The summed E-state index contributed by atoms with van der Waals surface area (Å²) in [6.45, 7) is 10.2. The van der Waals surface area contributed by atoms with Gasteiger partial charge in [0.2, 0.25) is 0 Å². The van der Waals surface area contributed by atoms with E-state index in [9.17, 15) is 0 Å². The Balaban J connectivity index is 2.13. The highest BCUT2D eigenvalue weighted by atomic mass is 16.5. The summed E-state index contributed by atoms with van der Waals surface area (Å²) in [4.78, 5) is 4.90. The topological polar surface area (TPSA) is 41.7 Å². The van der Waals surface area contributed by atoms with Crippen molar-refractivity contribution in [1.82, 2.24) is 9.80 Å². The van der Waals surface area contributed by atoms with Gasteiger partial charge in [-0.1, -0.05) is 12.1 Å². The molecule has 0 aromatic heterocycles. The number of hydrogen-bond acceptors (Lipinski definition) is 4. The molecule has 21 heavy (non-hydrogen) atoms. The van der Waals surface area contributed by atoms with Crippen molar-refractivity contribution in [3.8, 4) is 5.75 Å². The zero-order valence-corrected chi connectivity index (χ0v) is 13.7. The molecule has 1 heterocycles. The molecule has 0 radical (unpaired) electrons. The molecule has 0 bridgehead atoms. The third-order valence-corrected chi connectivity index (χ3v) is 4.27. The Hall–Kier alpha value is -1.10. The predicted octanol–water partition coefficient (Wildman–Crippen LogP) is 2.11. The number of benzene rings is 1. The van der Waals surface area contributed by atoms with Crippen molar-refractivity contribution in [2.45, 2.75) is 39.0 Å². The van der Waals surface area contributed by atoms with Gasteiger partial charge in [-0.25, -0.2) is 0 Å². The van der Waals surface area contributed by atoms with Crippen LogP contribution in [0.4, 0.5) is 0 Å². The van der Waals surface area contributed by atoms with Crippen molar-refractivity contribution in [2.75, 3.05) is 33.2 Å². The van der Waals surface area contributed by atoms with E-state index in [0.717, 1.165) is 25.4 Å². The first-order valence-electron chi connectivity index (χ1n) is 7.92. The van der Waals surface area contributed by atoms with Crippen molar-refractivity contribution in [2.24, 2.45) is 5.73 Å². The van der Waals surface area contributed by atoms with Crippen LogP contribution in [-0.4, -0.2) is 55.2 Å². The molecular formula is C17H29N3O. The van der Waals surface area contributed by atoms with Crippen LogP contribution in [0.5, 0.6) is 5.75 Å². The minimum absolute atomic E-state index is 0.195. The minimum Gasteiger partial charge on any atom is -0.491 e. The van der Waals surface area contributed by atoms with Crippen LogP contribution in [0, 0.1) is 0 Å². The second kappa shape index (κ2) is 7.25. The maximum absolute atomic E-state index is 6.07. The van der Waals surface area contributed by atoms with Crippen LogP contribution < -0.4 is 10.5 Å². The zero-order chi connectivity index (χ0) is 15.4. The Labute approximate surface area is 128 Å². The molecule has 1 aliphatic heterocycles. The lowest BCUT2D eigenvalue weighted by molar-refractivity contribution is 0.0740. The van der Waals surface area contributed by atoms with Gasteiger partial charge in [-0.05, 0) is 45.5 Å². The van der Waals surface area contributed by atoms with E-state index in [0.29, 0.717) is 12.6 Å². The average Bonchev–Trinajstić information content (AvgIpc) is 2.43. The molecule has 118 valence electrons. The van der Waals surface area contributed by atoms with Crippen LogP contribution in [-0.2, 0) is 0 Å². The van der Waals surface area contributed by atoms with Gasteiger partial charge in [-0.3, -0.25) is 4.90 Å². The standard InChI is InChI=1S/C17H29N3O/c1-13(2)21-16-7-5-6-15(10-16)17(11-18)20-9-8-19(4)14(3)12-20/h5-7,10,13-14,17H,8-9,11-12,18H2,1-4H3. The molecule has 2 unspecified atom stereocenters. The van der Waals surface area contributed by atoms with E-state index >= 15 is 0 Å². The molecule has 4 nitrogen and oxygen atoms in total. The molecule has 2 N–H and O–H groups in total. The SMILES string of the molecule is CC(C)Oc1cccc(C(CN)N2CCN(C)C(C)C2)c1. The minimum atomic E-state index is 0.195. The van der Waals surface area contributed by atoms with Crippen LogP contribution in [0.25, 0.3) is 0 Å². The van der Waals surface area contributed by atoms with E-state index in [1.165, 1.54) is 5.56 Å². The fraction of sp³-hybridized carbons (Fsp3) is 0.647. The molecule has 1 fully saturated rings. The first kappa shape index (κ1) is 16.3. The normalized spacial score (nSPS) is 22.5. The summed E-state index contributed by atoms with van der Waals surface area (Å²) in [5, 5.41) is 0. The number of likely N-dealkylation sites (N-methyl/N-ethyl adjacent to an activating group) is 1. The van der Waals surface area contributed by atoms with Crippen LogP contribution in [0.2, 0.25) is 0 Å². The summed E-state index contributed by atoms with van der Waals surface area (Å²) in [5.41, 5.74) is 7.33. The van der Waals surface area contributed by atoms with E-state index in [-0.39, 0.29) is 12.1 Å². The molecular weight excluding hydrogens is 262 g/mol. The molecule has 0 saturated carbocycles. The maximum atomic E-state index is 6.07. The van der Waals surface area contributed by atoms with Crippen molar-refractivity contribution in [1.29, 1.82) is 0 Å². The Kier molecular flexibility index (Phi) is 5.62. The van der Waals surface area contributed by atoms with Gasteiger partial charge in [0, 0.05) is 38.3 Å². The lowest BCUT2D eigenvalue weighted by Crippen LogP contribution is -2.52. The molecule has 4 heteroatoms. The Bertz CT molecular complexity index is 449. The maximum Gasteiger partial charge on any atom is 0.120 e. The van der Waals surface area contributed by atoms with Crippen molar-refractivity contribution < 1.29 is 4.74 Å². The average molecular weight is 291 g/mol. The van der Waals surface area contributed by atoms with Gasteiger partial charge in [-0.15, -0.1) is 0 Å². The number of nitrogens with zero attached hydrogens (tertiary/aromatic N) is 2. The zero-order valence-electron chi connectivity index (χ0n) is 13.7. The summed E-state index contributed by atoms with van der Waals surface area (Å²) < 4.78 is 5.81. The molecule has 0 aliphatic carbocycles. The highest BCUT2D eigenvalue weighted by Crippen LogP contribution is 2.26. The molecule has 2 atom stereocenters. The predicted molar refractivity (Wildman–Crippen MR) is 87.7 cm³/mol. The molecule has 1 aromatic rings. The monoisotopic (exact) mass is 291 g/mol. The van der Waals surface area contributed by atoms with Crippen molar-refractivity contribution >= 4 is 0 Å². The molecule has 0 spiro atoms. The quantitative estimate of drug-likeness (QED) is 0.902. The third kappa shape index (κ3) is 4.19. The lowest BCUT2D eigenvalue weighted by atomic mass is 10.0. The molecule has 1 saturated heterocycles. The van der Waals surface area contributed by atoms with Gasteiger partial charge in [0.1, 0.15) is 5.75 Å². The summed E-state index contributed by atoms with van der Waals surface area (Å²) in [6.07, 6.45) is 0.195. The highest BCUT2D eigenvalue weighted by Gasteiger charge is 2.26. The second-order valence-corrected chi connectivity index (χ2v) is 6.32. The lowest BCUT2D eigenvalue weighted by Gasteiger charge is -2.41. The van der Waals surface area contributed by atoms with Gasteiger partial charge >= 0.3 is 0 Å². The summed E-state index contributed by atoms with van der Waals surface area (Å²) >= 11 is 0. The summed E-state index contributed by atoms with van der Waals surface area (Å²) in [6, 6.07) is 9.23. The van der Waals surface area contributed by atoms with E-state index in [1.807, 2.05) is 6.07 Å². The van der Waals surface area contributed by atoms with Crippen molar-refractivity contribution in [3.05, 3.63) is 29.8 Å². The number of rotatable bonds is 5. The number of ether oxygens (including phenoxy) is 1. The molecule has 1 aromatic carbocycles. The first-order chi connectivity index (χ1) is 10.0. The van der Waals surface area contributed by atoms with Gasteiger partial charge < -0.3 is 15.4 Å². The third-order valence-electron chi connectivity index (χ3n) is 4.27. The fourth-order valence-electron chi connectivity index (χ4n) is 2.92. The number of nitrogens with two attached hydrogens (primary N) is 1. The molecule has 0 amide bonds.